The Morgan fingerprint density at radius 3 is 2.67 bits per heavy atom. The lowest BCUT2D eigenvalue weighted by atomic mass is 10.1. The minimum absolute atomic E-state index is 0.167. The fraction of sp³-hybridized carbons (Fsp3) is 0.312. The Morgan fingerprint density at radius 2 is 2.05 bits per heavy atom. The highest BCUT2D eigenvalue weighted by atomic mass is 79.9. The van der Waals surface area contributed by atoms with Crippen molar-refractivity contribution in [2.75, 3.05) is 11.9 Å². The lowest BCUT2D eigenvalue weighted by Crippen LogP contribution is -2.07. The van der Waals surface area contributed by atoms with Crippen LogP contribution in [0.4, 0.5) is 5.69 Å². The minimum atomic E-state index is 0.167. The van der Waals surface area contributed by atoms with Crippen LogP contribution in [-0.2, 0) is 0 Å². The highest BCUT2D eigenvalue weighted by Gasteiger charge is 2.07. The van der Waals surface area contributed by atoms with Crippen molar-refractivity contribution in [2.24, 2.45) is 0 Å². The number of nitrogens with zero attached hydrogens (tertiary/aromatic N) is 1. The number of nitrogens with one attached hydrogen (secondary N) is 1. The first-order chi connectivity index (χ1) is 10.1. The van der Waals surface area contributed by atoms with Gasteiger partial charge < -0.3 is 10.1 Å². The Balaban J connectivity index is 2.02. The van der Waals surface area contributed by atoms with Gasteiger partial charge in [0, 0.05) is 6.04 Å². The van der Waals surface area contributed by atoms with Gasteiger partial charge in [-0.15, -0.1) is 0 Å². The van der Waals surface area contributed by atoms with E-state index in [0.29, 0.717) is 5.15 Å². The van der Waals surface area contributed by atoms with Crippen LogP contribution in [0.5, 0.6) is 5.75 Å². The predicted molar refractivity (Wildman–Crippen MR) is 91.2 cm³/mol. The average molecular weight is 370 g/mol. The topological polar surface area (TPSA) is 34.1 Å². The molecule has 112 valence electrons. The van der Waals surface area contributed by atoms with Gasteiger partial charge in [-0.3, -0.25) is 0 Å². The maximum Gasteiger partial charge on any atom is 0.143 e. The summed E-state index contributed by atoms with van der Waals surface area (Å²) < 4.78 is 6.37. The number of aromatic nitrogens is 1. The molecule has 3 nitrogen and oxygen atoms in total. The van der Waals surface area contributed by atoms with Crippen molar-refractivity contribution in [3.05, 3.63) is 51.7 Å². The monoisotopic (exact) mass is 368 g/mol. The van der Waals surface area contributed by atoms with E-state index in [4.69, 9.17) is 16.3 Å². The van der Waals surface area contributed by atoms with Crippen LogP contribution in [0.3, 0.4) is 0 Å². The zero-order chi connectivity index (χ0) is 15.2. The molecule has 0 spiro atoms. The predicted octanol–water partition coefficient (Wildman–Crippen LogP) is 5.46. The van der Waals surface area contributed by atoms with Crippen molar-refractivity contribution in [2.45, 2.75) is 26.3 Å². The molecule has 0 bridgehead atoms. The van der Waals surface area contributed by atoms with Gasteiger partial charge in [-0.25, -0.2) is 4.98 Å². The normalized spacial score (nSPS) is 12.0. The second-order valence-electron chi connectivity index (χ2n) is 4.78. The van der Waals surface area contributed by atoms with Crippen molar-refractivity contribution >= 4 is 33.2 Å². The Labute approximate surface area is 138 Å². The van der Waals surface area contributed by atoms with E-state index in [1.165, 1.54) is 5.56 Å². The standard InChI is InChI=1S/C16H18BrClN2O/c1-3-8-21-14-6-4-12(5-7-14)11(2)20-13-9-15(17)16(18)19-10-13/h4-7,9-11,20H,3,8H2,1-2H3. The number of rotatable bonds is 6. The molecule has 1 atom stereocenters. The van der Waals surface area contributed by atoms with Gasteiger partial charge in [0.05, 0.1) is 23.0 Å². The highest BCUT2D eigenvalue weighted by molar-refractivity contribution is 9.10. The van der Waals surface area contributed by atoms with Crippen LogP contribution in [-0.4, -0.2) is 11.6 Å². The summed E-state index contributed by atoms with van der Waals surface area (Å²) in [4.78, 5) is 4.11. The minimum Gasteiger partial charge on any atom is -0.494 e. The van der Waals surface area contributed by atoms with E-state index >= 15 is 0 Å². The van der Waals surface area contributed by atoms with Crippen molar-refractivity contribution in [1.29, 1.82) is 0 Å². The van der Waals surface area contributed by atoms with Gasteiger partial charge in [-0.05, 0) is 53.0 Å². The Hall–Kier alpha value is -1.26. The molecule has 1 N–H and O–H groups in total. The molecule has 21 heavy (non-hydrogen) atoms. The third-order valence-corrected chi connectivity index (χ3v) is 4.17. The van der Waals surface area contributed by atoms with Crippen LogP contribution < -0.4 is 10.1 Å². The van der Waals surface area contributed by atoms with Gasteiger partial charge in [0.2, 0.25) is 0 Å². The number of pyridine rings is 1. The maximum absolute atomic E-state index is 5.89. The lowest BCUT2D eigenvalue weighted by molar-refractivity contribution is 0.317. The second kappa shape index (κ2) is 7.66. The van der Waals surface area contributed by atoms with Crippen LogP contribution in [0.25, 0.3) is 0 Å². The Morgan fingerprint density at radius 1 is 1.33 bits per heavy atom. The van der Waals surface area contributed by atoms with E-state index in [0.717, 1.165) is 28.9 Å². The van der Waals surface area contributed by atoms with Crippen molar-refractivity contribution in [1.82, 2.24) is 4.98 Å². The molecule has 1 aromatic carbocycles. The fourth-order valence-electron chi connectivity index (χ4n) is 1.91. The third-order valence-electron chi connectivity index (χ3n) is 3.03. The van der Waals surface area contributed by atoms with Crippen LogP contribution in [0.2, 0.25) is 5.15 Å². The number of benzene rings is 1. The number of halogens is 2. The molecule has 0 saturated carbocycles. The van der Waals surface area contributed by atoms with Gasteiger partial charge in [-0.2, -0.15) is 0 Å². The molecule has 5 heteroatoms. The second-order valence-corrected chi connectivity index (χ2v) is 5.99. The fourth-order valence-corrected chi connectivity index (χ4v) is 2.36. The van der Waals surface area contributed by atoms with E-state index in [-0.39, 0.29) is 6.04 Å². The van der Waals surface area contributed by atoms with E-state index in [9.17, 15) is 0 Å². The van der Waals surface area contributed by atoms with E-state index < -0.39 is 0 Å². The van der Waals surface area contributed by atoms with Gasteiger partial charge in [0.1, 0.15) is 10.9 Å². The molecule has 0 aliphatic heterocycles. The largest absolute Gasteiger partial charge is 0.494 e. The number of hydrogen-bond acceptors (Lipinski definition) is 3. The summed E-state index contributed by atoms with van der Waals surface area (Å²) in [6, 6.07) is 10.2. The number of hydrogen-bond donors (Lipinski definition) is 1. The summed E-state index contributed by atoms with van der Waals surface area (Å²) in [5.74, 6) is 0.906. The molecule has 0 fully saturated rings. The quantitative estimate of drug-likeness (QED) is 0.687. The highest BCUT2D eigenvalue weighted by Crippen LogP contribution is 2.26. The summed E-state index contributed by atoms with van der Waals surface area (Å²) in [6.07, 6.45) is 2.74. The zero-order valence-corrected chi connectivity index (χ0v) is 14.4. The molecule has 2 aromatic rings. The molecule has 2 rings (SSSR count). The molecular weight excluding hydrogens is 352 g/mol. The average Bonchev–Trinajstić information content (AvgIpc) is 2.49. The summed E-state index contributed by atoms with van der Waals surface area (Å²) in [5, 5.41) is 3.86. The lowest BCUT2D eigenvalue weighted by Gasteiger charge is -2.16. The molecule has 1 unspecified atom stereocenters. The van der Waals surface area contributed by atoms with Crippen molar-refractivity contribution in [3.63, 3.8) is 0 Å². The van der Waals surface area contributed by atoms with Crippen molar-refractivity contribution in [3.8, 4) is 5.75 Å². The molecule has 0 aliphatic rings. The van der Waals surface area contributed by atoms with E-state index in [1.807, 2.05) is 18.2 Å². The van der Waals surface area contributed by atoms with Crippen LogP contribution in [0.15, 0.2) is 41.0 Å². The van der Waals surface area contributed by atoms with Gasteiger partial charge in [-0.1, -0.05) is 30.7 Å². The maximum atomic E-state index is 5.89. The first-order valence-electron chi connectivity index (χ1n) is 6.90. The molecular formula is C16H18BrClN2O. The Kier molecular flexibility index (Phi) is 5.88. The molecule has 1 heterocycles. The number of ether oxygens (including phenoxy) is 1. The van der Waals surface area contributed by atoms with Crippen molar-refractivity contribution < 1.29 is 4.74 Å². The van der Waals surface area contributed by atoms with E-state index in [1.54, 1.807) is 6.20 Å². The summed E-state index contributed by atoms with van der Waals surface area (Å²) in [6.45, 7) is 4.95. The Bertz CT molecular complexity index is 589. The zero-order valence-electron chi connectivity index (χ0n) is 12.1. The number of anilines is 1. The molecule has 0 saturated heterocycles. The SMILES string of the molecule is CCCOc1ccc(C(C)Nc2cnc(Cl)c(Br)c2)cc1. The first kappa shape index (κ1) is 16.1. The van der Waals surface area contributed by atoms with Gasteiger partial charge >= 0.3 is 0 Å². The van der Waals surface area contributed by atoms with Gasteiger partial charge in [0.15, 0.2) is 0 Å². The first-order valence-corrected chi connectivity index (χ1v) is 8.07. The third kappa shape index (κ3) is 4.61. The van der Waals surface area contributed by atoms with Crippen LogP contribution in [0, 0.1) is 0 Å². The van der Waals surface area contributed by atoms with Crippen LogP contribution >= 0.6 is 27.5 Å². The summed E-state index contributed by atoms with van der Waals surface area (Å²) in [7, 11) is 0. The summed E-state index contributed by atoms with van der Waals surface area (Å²) >= 11 is 9.27. The molecule has 0 amide bonds. The van der Waals surface area contributed by atoms with Crippen LogP contribution in [0.1, 0.15) is 31.9 Å². The van der Waals surface area contributed by atoms with E-state index in [2.05, 4.69) is 52.2 Å². The smallest absolute Gasteiger partial charge is 0.143 e. The molecule has 0 aliphatic carbocycles. The molecule has 0 radical (unpaired) electrons. The van der Waals surface area contributed by atoms with Gasteiger partial charge in [0.25, 0.3) is 0 Å². The molecule has 1 aromatic heterocycles. The summed E-state index contributed by atoms with van der Waals surface area (Å²) in [5.41, 5.74) is 2.11.